The zero-order valence-electron chi connectivity index (χ0n) is 16.8. The Balaban J connectivity index is 1.47. The molecule has 3 aromatic rings. The average molecular weight is 405 g/mol. The van der Waals surface area contributed by atoms with E-state index < -0.39 is 18.5 Å². The molecular weight excluding hydrogens is 382 g/mol. The van der Waals surface area contributed by atoms with Crippen molar-refractivity contribution in [2.24, 2.45) is 0 Å². The van der Waals surface area contributed by atoms with Gasteiger partial charge in [-0.1, -0.05) is 24.1 Å². The predicted molar refractivity (Wildman–Crippen MR) is 114 cm³/mol. The number of nitrogens with zero attached hydrogens (tertiary/aromatic N) is 2. The Bertz CT molecular complexity index is 1170. The van der Waals surface area contributed by atoms with Gasteiger partial charge in [0.25, 0.3) is 11.5 Å². The Morgan fingerprint density at radius 1 is 1.10 bits per heavy atom. The minimum absolute atomic E-state index is 0.0747. The molecule has 1 aliphatic heterocycles. The predicted octanol–water partition coefficient (Wildman–Crippen LogP) is 3.23. The fourth-order valence-corrected chi connectivity index (χ4v) is 3.59. The minimum atomic E-state index is -0.632. The standard InChI is InChI=1S/C23H23N3O4/c1-15-6-9-17(10-7-15)24-21(27)14-30-23(29)16-8-11-18-19(13-16)25-20-5-3-2-4-12-26(20)22(18)28/h6-11,13H,2-5,12,14H2,1H3,(H,24,27). The van der Waals surface area contributed by atoms with E-state index in [0.717, 1.165) is 37.1 Å². The van der Waals surface area contributed by atoms with E-state index in [1.165, 1.54) is 6.07 Å². The van der Waals surface area contributed by atoms with Crippen molar-refractivity contribution in [2.75, 3.05) is 11.9 Å². The maximum absolute atomic E-state index is 12.8. The molecule has 7 nitrogen and oxygen atoms in total. The first kappa shape index (κ1) is 19.8. The van der Waals surface area contributed by atoms with Crippen molar-refractivity contribution in [3.05, 3.63) is 69.8 Å². The largest absolute Gasteiger partial charge is 0.452 e. The van der Waals surface area contributed by atoms with E-state index in [1.54, 1.807) is 28.8 Å². The van der Waals surface area contributed by atoms with Gasteiger partial charge in [-0.3, -0.25) is 14.2 Å². The molecule has 0 spiro atoms. The molecule has 0 saturated carbocycles. The third-order valence-corrected chi connectivity index (χ3v) is 5.22. The van der Waals surface area contributed by atoms with Crippen LogP contribution in [0, 0.1) is 6.92 Å². The Morgan fingerprint density at radius 2 is 1.90 bits per heavy atom. The molecule has 0 atom stereocenters. The topological polar surface area (TPSA) is 90.3 Å². The lowest BCUT2D eigenvalue weighted by atomic mass is 10.1. The number of hydrogen-bond acceptors (Lipinski definition) is 5. The molecule has 0 saturated heterocycles. The number of aromatic nitrogens is 2. The molecule has 1 amide bonds. The highest BCUT2D eigenvalue weighted by molar-refractivity contribution is 5.97. The number of benzene rings is 2. The number of ether oxygens (including phenoxy) is 1. The van der Waals surface area contributed by atoms with E-state index in [2.05, 4.69) is 10.3 Å². The van der Waals surface area contributed by atoms with Crippen LogP contribution < -0.4 is 10.9 Å². The molecule has 0 aliphatic carbocycles. The van der Waals surface area contributed by atoms with Gasteiger partial charge in [0.05, 0.1) is 16.5 Å². The molecule has 7 heteroatoms. The number of anilines is 1. The summed E-state index contributed by atoms with van der Waals surface area (Å²) in [7, 11) is 0. The third-order valence-electron chi connectivity index (χ3n) is 5.22. The fourth-order valence-electron chi connectivity index (χ4n) is 3.59. The van der Waals surface area contributed by atoms with Crippen LogP contribution >= 0.6 is 0 Å². The van der Waals surface area contributed by atoms with Gasteiger partial charge in [-0.05, 0) is 50.1 Å². The van der Waals surface area contributed by atoms with Crippen molar-refractivity contribution in [2.45, 2.75) is 39.2 Å². The van der Waals surface area contributed by atoms with Crippen molar-refractivity contribution < 1.29 is 14.3 Å². The summed E-state index contributed by atoms with van der Waals surface area (Å²) in [6, 6.07) is 12.0. The molecule has 2 aromatic carbocycles. The van der Waals surface area contributed by atoms with Crippen molar-refractivity contribution in [3.63, 3.8) is 0 Å². The maximum Gasteiger partial charge on any atom is 0.338 e. The second kappa shape index (κ2) is 8.49. The number of amides is 1. The molecule has 1 aliphatic rings. The Labute approximate surface area is 173 Å². The zero-order valence-corrected chi connectivity index (χ0v) is 16.8. The Hall–Kier alpha value is -3.48. The van der Waals surface area contributed by atoms with Crippen molar-refractivity contribution in [1.82, 2.24) is 9.55 Å². The number of aryl methyl sites for hydroxylation is 2. The van der Waals surface area contributed by atoms with Crippen LogP contribution in [0.5, 0.6) is 0 Å². The van der Waals surface area contributed by atoms with Gasteiger partial charge in [-0.2, -0.15) is 0 Å². The summed E-state index contributed by atoms with van der Waals surface area (Å²) in [6.45, 7) is 2.24. The van der Waals surface area contributed by atoms with Crippen LogP contribution in [-0.2, 0) is 22.5 Å². The van der Waals surface area contributed by atoms with Crippen LogP contribution in [0.15, 0.2) is 47.3 Å². The molecule has 154 valence electrons. The van der Waals surface area contributed by atoms with Gasteiger partial charge in [-0.25, -0.2) is 9.78 Å². The first-order valence-electron chi connectivity index (χ1n) is 10.1. The van der Waals surface area contributed by atoms with Gasteiger partial charge >= 0.3 is 5.97 Å². The summed E-state index contributed by atoms with van der Waals surface area (Å²) in [5.41, 5.74) is 2.38. The number of carbonyl (C=O) groups is 2. The lowest BCUT2D eigenvalue weighted by Crippen LogP contribution is -2.25. The van der Waals surface area contributed by atoms with Gasteiger partial charge in [0.2, 0.25) is 0 Å². The highest BCUT2D eigenvalue weighted by Gasteiger charge is 2.16. The van der Waals surface area contributed by atoms with Crippen molar-refractivity contribution in [3.8, 4) is 0 Å². The SMILES string of the molecule is Cc1ccc(NC(=O)COC(=O)c2ccc3c(=O)n4c(nc3c2)CCCCC4)cc1. The molecule has 30 heavy (non-hydrogen) atoms. The monoisotopic (exact) mass is 405 g/mol. The first-order valence-corrected chi connectivity index (χ1v) is 10.1. The minimum Gasteiger partial charge on any atom is -0.452 e. The van der Waals surface area contributed by atoms with E-state index >= 15 is 0 Å². The number of fused-ring (bicyclic) bond motifs is 2. The Kier molecular flexibility index (Phi) is 5.61. The Morgan fingerprint density at radius 3 is 2.70 bits per heavy atom. The molecule has 0 bridgehead atoms. The highest BCUT2D eigenvalue weighted by Crippen LogP contribution is 2.17. The highest BCUT2D eigenvalue weighted by atomic mass is 16.5. The molecule has 0 radical (unpaired) electrons. The smallest absolute Gasteiger partial charge is 0.338 e. The van der Waals surface area contributed by atoms with E-state index in [0.29, 0.717) is 23.1 Å². The van der Waals surface area contributed by atoms with E-state index in [-0.39, 0.29) is 11.1 Å². The second-order valence-electron chi connectivity index (χ2n) is 7.52. The van der Waals surface area contributed by atoms with E-state index in [1.807, 2.05) is 19.1 Å². The first-order chi connectivity index (χ1) is 14.5. The second-order valence-corrected chi connectivity index (χ2v) is 7.52. The molecule has 0 unspecified atom stereocenters. The normalized spacial score (nSPS) is 13.4. The summed E-state index contributed by atoms with van der Waals surface area (Å²) in [6.07, 6.45) is 3.78. The summed E-state index contributed by atoms with van der Waals surface area (Å²) >= 11 is 0. The lowest BCUT2D eigenvalue weighted by molar-refractivity contribution is -0.119. The van der Waals surface area contributed by atoms with Crippen LogP contribution in [0.4, 0.5) is 5.69 Å². The average Bonchev–Trinajstić information content (AvgIpc) is 2.99. The molecule has 4 rings (SSSR count). The van der Waals surface area contributed by atoms with E-state index in [9.17, 15) is 14.4 Å². The van der Waals surface area contributed by atoms with Crippen LogP contribution in [0.1, 0.15) is 41.0 Å². The number of rotatable bonds is 4. The fraction of sp³-hybridized carbons (Fsp3) is 0.304. The van der Waals surface area contributed by atoms with Gasteiger partial charge in [0.1, 0.15) is 5.82 Å². The molecular formula is C23H23N3O4. The lowest BCUT2D eigenvalue weighted by Gasteiger charge is -2.11. The van der Waals surface area contributed by atoms with Crippen LogP contribution in [0.25, 0.3) is 10.9 Å². The van der Waals surface area contributed by atoms with Gasteiger partial charge in [0, 0.05) is 18.7 Å². The van der Waals surface area contributed by atoms with Gasteiger partial charge in [0.15, 0.2) is 6.61 Å². The number of esters is 1. The van der Waals surface area contributed by atoms with Crippen LogP contribution in [0.3, 0.4) is 0 Å². The number of nitrogens with one attached hydrogen (secondary N) is 1. The summed E-state index contributed by atoms with van der Waals surface area (Å²) in [5, 5.41) is 3.16. The van der Waals surface area contributed by atoms with Gasteiger partial charge < -0.3 is 10.1 Å². The number of carbonyl (C=O) groups excluding carboxylic acids is 2. The van der Waals surface area contributed by atoms with Gasteiger partial charge in [-0.15, -0.1) is 0 Å². The summed E-state index contributed by atoms with van der Waals surface area (Å²) in [4.78, 5) is 41.8. The van der Waals surface area contributed by atoms with Crippen LogP contribution in [-0.4, -0.2) is 28.0 Å². The molecule has 1 aromatic heterocycles. The molecule has 1 N–H and O–H groups in total. The molecule has 2 heterocycles. The van der Waals surface area contributed by atoms with Crippen LogP contribution in [0.2, 0.25) is 0 Å². The molecule has 0 fully saturated rings. The zero-order chi connectivity index (χ0) is 21.1. The quantitative estimate of drug-likeness (QED) is 0.673. The van der Waals surface area contributed by atoms with E-state index in [4.69, 9.17) is 4.74 Å². The van der Waals surface area contributed by atoms with Crippen molar-refractivity contribution >= 4 is 28.5 Å². The number of hydrogen-bond donors (Lipinski definition) is 1. The summed E-state index contributed by atoms with van der Waals surface area (Å²) in [5.74, 6) is -0.296. The van der Waals surface area contributed by atoms with Crippen molar-refractivity contribution in [1.29, 1.82) is 0 Å². The maximum atomic E-state index is 12.8. The summed E-state index contributed by atoms with van der Waals surface area (Å²) < 4.78 is 6.87. The third kappa shape index (κ3) is 4.25.